The molecule has 0 aliphatic heterocycles. The Kier molecular flexibility index (Phi) is 5.54. The van der Waals surface area contributed by atoms with Crippen molar-refractivity contribution >= 4 is 13.5 Å². The van der Waals surface area contributed by atoms with Crippen LogP contribution in [-0.4, -0.2) is 21.7 Å². The molecule has 2 aromatic carbocycles. The van der Waals surface area contributed by atoms with Gasteiger partial charge in [0.1, 0.15) is 0 Å². The maximum Gasteiger partial charge on any atom is 0.360 e. The molecule has 1 unspecified atom stereocenters. The Hall–Kier alpha value is -1.98. The van der Waals surface area contributed by atoms with Crippen LogP contribution < -0.4 is 11.1 Å². The van der Waals surface area contributed by atoms with Crippen molar-refractivity contribution in [2.24, 2.45) is 5.73 Å². The number of carbonyl (C=O) groups excluding carboxylic acids is 1. The van der Waals surface area contributed by atoms with Crippen LogP contribution in [0.2, 0.25) is 0 Å². The molecule has 0 spiro atoms. The molecule has 27 heavy (non-hydrogen) atoms. The van der Waals surface area contributed by atoms with Gasteiger partial charge in [0, 0.05) is 11.1 Å². The van der Waals surface area contributed by atoms with Gasteiger partial charge in [-0.2, -0.15) is 0 Å². The lowest BCUT2D eigenvalue weighted by atomic mass is 10.0. The lowest BCUT2D eigenvalue weighted by Gasteiger charge is -2.34. The quantitative estimate of drug-likeness (QED) is 0.430. The number of nitrogens with two attached hydrogens (primary N) is 1. The molecule has 6 nitrogen and oxygen atoms in total. The van der Waals surface area contributed by atoms with Gasteiger partial charge in [0.15, 0.2) is 5.28 Å². The van der Waals surface area contributed by atoms with Crippen LogP contribution in [0.15, 0.2) is 48.5 Å². The van der Waals surface area contributed by atoms with E-state index in [0.29, 0.717) is 28.7 Å². The standard InChI is InChI=1S/C20H25N2O4P/c1-2-3-4-13-18(21)19(23)22-20(27(24,25)26)16-11-7-5-9-14(16)15-10-6-8-12-17(15)20/h5-12,18H,2-4,13,21H2,1H3,(H,22,23)(H2,24,25,26). The highest BCUT2D eigenvalue weighted by molar-refractivity contribution is 7.53. The highest BCUT2D eigenvalue weighted by Gasteiger charge is 2.56. The van der Waals surface area contributed by atoms with Crippen LogP contribution in [0.3, 0.4) is 0 Å². The van der Waals surface area contributed by atoms with Crippen LogP contribution in [0.4, 0.5) is 0 Å². The molecule has 5 N–H and O–H groups in total. The summed E-state index contributed by atoms with van der Waals surface area (Å²) in [7, 11) is -4.82. The molecule has 3 rings (SSSR count). The Balaban J connectivity index is 2.07. The molecule has 2 aromatic rings. The first-order chi connectivity index (χ1) is 12.8. The molecule has 0 saturated heterocycles. The van der Waals surface area contributed by atoms with Gasteiger partial charge in [-0.1, -0.05) is 74.7 Å². The van der Waals surface area contributed by atoms with Crippen molar-refractivity contribution in [1.82, 2.24) is 5.32 Å². The van der Waals surface area contributed by atoms with Crippen molar-refractivity contribution in [3.05, 3.63) is 59.7 Å². The minimum atomic E-state index is -4.82. The molecule has 144 valence electrons. The van der Waals surface area contributed by atoms with E-state index in [2.05, 4.69) is 12.2 Å². The van der Waals surface area contributed by atoms with Gasteiger partial charge in [0.05, 0.1) is 6.04 Å². The van der Waals surface area contributed by atoms with Crippen LogP contribution in [0.25, 0.3) is 11.1 Å². The van der Waals surface area contributed by atoms with Crippen molar-refractivity contribution in [1.29, 1.82) is 0 Å². The Morgan fingerprint density at radius 2 is 1.59 bits per heavy atom. The topological polar surface area (TPSA) is 113 Å². The predicted molar refractivity (Wildman–Crippen MR) is 105 cm³/mol. The Morgan fingerprint density at radius 3 is 2.07 bits per heavy atom. The summed E-state index contributed by atoms with van der Waals surface area (Å²) in [5, 5.41) is 0.727. The average Bonchev–Trinajstić information content (AvgIpc) is 2.93. The molecule has 1 aliphatic rings. The zero-order valence-electron chi connectivity index (χ0n) is 15.3. The molecule has 1 aliphatic carbocycles. The summed E-state index contributed by atoms with van der Waals surface area (Å²) in [6.45, 7) is 2.06. The summed E-state index contributed by atoms with van der Waals surface area (Å²) < 4.78 is 12.7. The smallest absolute Gasteiger partial charge is 0.331 e. The van der Waals surface area contributed by atoms with Crippen LogP contribution >= 0.6 is 7.60 Å². The van der Waals surface area contributed by atoms with E-state index >= 15 is 0 Å². The fraction of sp³-hybridized carbons (Fsp3) is 0.350. The second kappa shape index (κ2) is 7.56. The fourth-order valence-corrected chi connectivity index (χ4v) is 5.02. The molecule has 0 saturated carbocycles. The van der Waals surface area contributed by atoms with Gasteiger partial charge in [-0.3, -0.25) is 9.36 Å². The van der Waals surface area contributed by atoms with Crippen molar-refractivity contribution in [3.63, 3.8) is 0 Å². The van der Waals surface area contributed by atoms with Gasteiger partial charge in [0.25, 0.3) is 0 Å². The first-order valence-electron chi connectivity index (χ1n) is 9.15. The van der Waals surface area contributed by atoms with E-state index in [1.165, 1.54) is 0 Å². The monoisotopic (exact) mass is 388 g/mol. The second-order valence-electron chi connectivity index (χ2n) is 6.94. The molecule has 0 aromatic heterocycles. The molecule has 0 fully saturated rings. The van der Waals surface area contributed by atoms with Gasteiger partial charge >= 0.3 is 7.60 Å². The summed E-state index contributed by atoms with van der Waals surface area (Å²) in [4.78, 5) is 33.5. The van der Waals surface area contributed by atoms with Crippen LogP contribution in [0, 0.1) is 0 Å². The Labute approximate surface area is 159 Å². The number of hydrogen-bond donors (Lipinski definition) is 4. The number of nitrogens with one attached hydrogen (secondary N) is 1. The van der Waals surface area contributed by atoms with Crippen LogP contribution in [-0.2, 0) is 14.6 Å². The second-order valence-corrected chi connectivity index (χ2v) is 8.70. The number of benzene rings is 2. The largest absolute Gasteiger partial charge is 0.360 e. The van der Waals surface area contributed by atoms with Gasteiger partial charge in [-0.25, -0.2) is 0 Å². The van der Waals surface area contributed by atoms with E-state index in [9.17, 15) is 19.1 Å². The molecule has 0 bridgehead atoms. The molecule has 1 atom stereocenters. The van der Waals surface area contributed by atoms with E-state index in [1.807, 2.05) is 12.1 Å². The molecular formula is C20H25N2O4P. The minimum absolute atomic E-state index is 0.397. The third-order valence-electron chi connectivity index (χ3n) is 5.12. The van der Waals surface area contributed by atoms with Gasteiger partial charge in [0.2, 0.25) is 5.91 Å². The van der Waals surface area contributed by atoms with Gasteiger partial charge < -0.3 is 20.8 Å². The zero-order chi connectivity index (χ0) is 19.7. The molecular weight excluding hydrogens is 363 g/mol. The third-order valence-corrected chi connectivity index (χ3v) is 6.59. The third kappa shape index (κ3) is 3.34. The molecule has 0 heterocycles. The summed E-state index contributed by atoms with van der Waals surface area (Å²) in [5.41, 5.74) is 8.22. The van der Waals surface area contributed by atoms with Crippen molar-refractivity contribution in [2.75, 3.05) is 0 Å². The number of carbonyl (C=O) groups is 1. The van der Waals surface area contributed by atoms with Crippen LogP contribution in [0.5, 0.6) is 0 Å². The lowest BCUT2D eigenvalue weighted by Crippen LogP contribution is -2.51. The summed E-state index contributed by atoms with van der Waals surface area (Å²) in [6, 6.07) is 13.1. The maximum atomic E-state index is 12.8. The van der Waals surface area contributed by atoms with E-state index in [4.69, 9.17) is 5.73 Å². The highest BCUT2D eigenvalue weighted by atomic mass is 31.2. The Bertz CT molecular complexity index is 848. The molecule has 7 heteroatoms. The number of hydrogen-bond acceptors (Lipinski definition) is 3. The Morgan fingerprint density at radius 1 is 1.07 bits per heavy atom. The SMILES string of the molecule is CCCCCC(N)C(=O)NC1(P(=O)(O)O)c2ccccc2-c2ccccc21. The summed E-state index contributed by atoms with van der Waals surface area (Å²) in [6.07, 6.45) is 3.22. The first kappa shape index (κ1) is 19.8. The minimum Gasteiger partial charge on any atom is -0.331 e. The predicted octanol–water partition coefficient (Wildman–Crippen LogP) is 3.07. The van der Waals surface area contributed by atoms with E-state index < -0.39 is 24.8 Å². The number of rotatable bonds is 7. The average molecular weight is 388 g/mol. The van der Waals surface area contributed by atoms with Crippen molar-refractivity contribution < 1.29 is 19.1 Å². The highest BCUT2D eigenvalue weighted by Crippen LogP contribution is 2.65. The van der Waals surface area contributed by atoms with Gasteiger partial charge in [-0.15, -0.1) is 0 Å². The van der Waals surface area contributed by atoms with E-state index in [0.717, 1.165) is 19.3 Å². The van der Waals surface area contributed by atoms with Crippen molar-refractivity contribution in [3.8, 4) is 11.1 Å². The number of amides is 1. The lowest BCUT2D eigenvalue weighted by molar-refractivity contribution is -0.123. The number of unbranched alkanes of at least 4 members (excludes halogenated alkanes) is 2. The normalized spacial score (nSPS) is 15.7. The van der Waals surface area contributed by atoms with E-state index in [1.54, 1.807) is 36.4 Å². The summed E-state index contributed by atoms with van der Waals surface area (Å²) >= 11 is 0. The first-order valence-corrected chi connectivity index (χ1v) is 10.8. The number of fused-ring (bicyclic) bond motifs is 3. The summed E-state index contributed by atoms with van der Waals surface area (Å²) in [5.74, 6) is -0.555. The molecule has 1 amide bonds. The maximum absolute atomic E-state index is 12.8. The van der Waals surface area contributed by atoms with Crippen LogP contribution in [0.1, 0.15) is 43.7 Å². The van der Waals surface area contributed by atoms with E-state index in [-0.39, 0.29) is 0 Å². The zero-order valence-corrected chi connectivity index (χ0v) is 16.2. The molecule has 0 radical (unpaired) electrons. The fourth-order valence-electron chi connectivity index (χ4n) is 3.75. The van der Waals surface area contributed by atoms with Crippen molar-refractivity contribution in [2.45, 2.75) is 43.9 Å². The van der Waals surface area contributed by atoms with Gasteiger partial charge in [-0.05, 0) is 17.5 Å².